The van der Waals surface area contributed by atoms with Gasteiger partial charge in [0.2, 0.25) is 5.91 Å². The monoisotopic (exact) mass is 421 g/mol. The molecule has 2 N–H and O–H groups in total. The minimum Gasteiger partial charge on any atom is -0.318 e. The van der Waals surface area contributed by atoms with E-state index in [1.807, 2.05) is 30.3 Å². The fraction of sp³-hybridized carbons (Fsp3) is 0.190. The number of nitrogens with zero attached hydrogens (tertiary/aromatic N) is 3. The molecule has 1 atom stereocenters. The number of nitrogens with one attached hydrogen (secondary N) is 2. The van der Waals surface area contributed by atoms with E-state index in [-0.39, 0.29) is 5.75 Å². The van der Waals surface area contributed by atoms with Gasteiger partial charge in [-0.05, 0) is 25.5 Å². The summed E-state index contributed by atoms with van der Waals surface area (Å²) < 4.78 is 0. The number of aromatic nitrogens is 2. The molecule has 0 bridgehead atoms. The van der Waals surface area contributed by atoms with E-state index in [1.165, 1.54) is 11.8 Å². The summed E-state index contributed by atoms with van der Waals surface area (Å²) in [6, 6.07) is 15.8. The first-order valence-electron chi connectivity index (χ1n) is 9.26. The molecule has 3 aromatic rings. The molecule has 0 aliphatic carbocycles. The number of hydrogen-bond acceptors (Lipinski definition) is 6. The zero-order valence-electron chi connectivity index (χ0n) is 16.4. The smallest absolute Gasteiger partial charge is 0.318 e. The number of benzene rings is 2. The van der Waals surface area contributed by atoms with E-state index in [0.717, 1.165) is 15.9 Å². The van der Waals surface area contributed by atoms with Gasteiger partial charge in [-0.2, -0.15) is 5.01 Å². The number of urea groups is 1. The second-order valence-electron chi connectivity index (χ2n) is 6.98. The predicted octanol–water partition coefficient (Wildman–Crippen LogP) is 2.53. The number of carbonyl (C=O) groups excluding carboxylic acids is 3. The zero-order chi connectivity index (χ0) is 21.3. The molecule has 1 aliphatic rings. The van der Waals surface area contributed by atoms with E-state index in [9.17, 15) is 14.4 Å². The van der Waals surface area contributed by atoms with Crippen LogP contribution in [-0.2, 0) is 15.1 Å². The van der Waals surface area contributed by atoms with Gasteiger partial charge in [0.15, 0.2) is 0 Å². The topological polar surface area (TPSA) is 104 Å². The minimum absolute atomic E-state index is 0.0143. The van der Waals surface area contributed by atoms with Gasteiger partial charge >= 0.3 is 6.03 Å². The summed E-state index contributed by atoms with van der Waals surface area (Å²) in [5.74, 6) is -0.439. The summed E-state index contributed by atoms with van der Waals surface area (Å²) in [6.45, 7) is 3.40. The van der Waals surface area contributed by atoms with Gasteiger partial charge in [-0.3, -0.25) is 15.0 Å². The molecular formula is C21H19N5O3S. The van der Waals surface area contributed by atoms with Crippen LogP contribution in [0.2, 0.25) is 0 Å². The number of imide groups is 1. The maximum absolute atomic E-state index is 12.9. The van der Waals surface area contributed by atoms with E-state index in [1.54, 1.807) is 38.1 Å². The van der Waals surface area contributed by atoms with E-state index < -0.39 is 23.4 Å². The molecular weight excluding hydrogens is 402 g/mol. The number of rotatable bonds is 5. The number of fused-ring (bicyclic) bond motifs is 1. The fourth-order valence-electron chi connectivity index (χ4n) is 3.27. The number of hydrazine groups is 1. The summed E-state index contributed by atoms with van der Waals surface area (Å²) in [6.07, 6.45) is 0. The molecule has 1 aliphatic heterocycles. The highest BCUT2D eigenvalue weighted by atomic mass is 32.2. The average Bonchev–Trinajstić information content (AvgIpc) is 2.96. The molecule has 4 amide bonds. The third-order valence-corrected chi connectivity index (χ3v) is 5.79. The van der Waals surface area contributed by atoms with Crippen LogP contribution in [0.15, 0.2) is 59.6 Å². The molecule has 0 radical (unpaired) electrons. The lowest BCUT2D eigenvalue weighted by Gasteiger charge is -2.22. The molecule has 9 heteroatoms. The standard InChI is InChI=1S/C21H19N5O3S/c1-13-22-16-11-7-6-10-15(16)18(23-13)30-12-17(27)25-26-19(28)21(2,24-20(26)29)14-8-4-3-5-9-14/h3-11H,12H2,1-2H3,(H,24,29)(H,25,27)/t21-/m1/s1. The van der Waals surface area contributed by atoms with Crippen molar-refractivity contribution in [3.05, 3.63) is 66.0 Å². The summed E-state index contributed by atoms with van der Waals surface area (Å²) in [5.41, 5.74) is 2.60. The SMILES string of the molecule is Cc1nc(SCC(=O)NN2C(=O)N[C@](C)(c3ccccc3)C2=O)c2ccccc2n1. The number of para-hydroxylation sites is 1. The average molecular weight is 421 g/mol. The molecule has 0 unspecified atom stereocenters. The Morgan fingerprint density at radius 1 is 1.10 bits per heavy atom. The lowest BCUT2D eigenvalue weighted by molar-refractivity contribution is -0.138. The first-order valence-corrected chi connectivity index (χ1v) is 10.2. The van der Waals surface area contributed by atoms with E-state index in [2.05, 4.69) is 20.7 Å². The maximum Gasteiger partial charge on any atom is 0.344 e. The molecule has 0 saturated carbocycles. The Morgan fingerprint density at radius 2 is 1.80 bits per heavy atom. The van der Waals surface area contributed by atoms with Gasteiger partial charge in [0.05, 0.1) is 11.3 Å². The molecule has 2 heterocycles. The highest BCUT2D eigenvalue weighted by molar-refractivity contribution is 8.00. The van der Waals surface area contributed by atoms with Crippen LogP contribution in [0.3, 0.4) is 0 Å². The van der Waals surface area contributed by atoms with E-state index in [0.29, 0.717) is 16.4 Å². The number of thioether (sulfide) groups is 1. The summed E-state index contributed by atoms with van der Waals surface area (Å²) >= 11 is 1.22. The van der Waals surface area contributed by atoms with Crippen molar-refractivity contribution >= 4 is 40.5 Å². The highest BCUT2D eigenvalue weighted by Crippen LogP contribution is 2.28. The van der Waals surface area contributed by atoms with Crippen LogP contribution in [0, 0.1) is 6.92 Å². The predicted molar refractivity (Wildman–Crippen MR) is 112 cm³/mol. The quantitative estimate of drug-likeness (QED) is 0.373. The van der Waals surface area contributed by atoms with Crippen LogP contribution < -0.4 is 10.7 Å². The van der Waals surface area contributed by atoms with E-state index in [4.69, 9.17) is 0 Å². The summed E-state index contributed by atoms with van der Waals surface area (Å²) in [7, 11) is 0. The molecule has 8 nitrogen and oxygen atoms in total. The minimum atomic E-state index is -1.24. The Kier molecular flexibility index (Phi) is 5.13. The fourth-order valence-corrected chi connectivity index (χ4v) is 4.12. The number of amides is 4. The van der Waals surface area contributed by atoms with Crippen LogP contribution in [0.4, 0.5) is 4.79 Å². The van der Waals surface area contributed by atoms with Gasteiger partial charge in [0.25, 0.3) is 5.91 Å². The van der Waals surface area contributed by atoms with Gasteiger partial charge in [0, 0.05) is 5.39 Å². The van der Waals surface area contributed by atoms with Crippen molar-refractivity contribution < 1.29 is 14.4 Å². The Hall–Kier alpha value is -3.46. The van der Waals surface area contributed by atoms with Crippen LogP contribution in [0.5, 0.6) is 0 Å². The number of carbonyl (C=O) groups is 3. The Labute approximate surface area is 177 Å². The number of hydrogen-bond donors (Lipinski definition) is 2. The molecule has 1 fully saturated rings. The zero-order valence-corrected chi connectivity index (χ0v) is 17.2. The van der Waals surface area contributed by atoms with E-state index >= 15 is 0 Å². The van der Waals surface area contributed by atoms with Crippen molar-refractivity contribution in [2.45, 2.75) is 24.4 Å². The van der Waals surface area contributed by atoms with Gasteiger partial charge in [-0.25, -0.2) is 14.8 Å². The molecule has 1 aromatic heterocycles. The maximum atomic E-state index is 12.9. The molecule has 152 valence electrons. The second-order valence-corrected chi connectivity index (χ2v) is 7.94. The third-order valence-electron chi connectivity index (χ3n) is 4.80. The highest BCUT2D eigenvalue weighted by Gasteiger charge is 2.49. The third kappa shape index (κ3) is 3.59. The largest absolute Gasteiger partial charge is 0.344 e. The molecule has 4 rings (SSSR count). The van der Waals surface area contributed by atoms with Crippen LogP contribution >= 0.6 is 11.8 Å². The Bertz CT molecular complexity index is 1150. The Balaban J connectivity index is 1.46. The van der Waals surface area contributed by atoms with Crippen LogP contribution in [0.1, 0.15) is 18.3 Å². The molecule has 30 heavy (non-hydrogen) atoms. The molecule has 1 saturated heterocycles. The van der Waals surface area contributed by atoms with Crippen molar-refractivity contribution in [2.75, 3.05) is 5.75 Å². The summed E-state index contributed by atoms with van der Waals surface area (Å²) in [4.78, 5) is 46.5. The lowest BCUT2D eigenvalue weighted by Crippen LogP contribution is -2.48. The summed E-state index contributed by atoms with van der Waals surface area (Å²) in [5, 5.41) is 4.89. The van der Waals surface area contributed by atoms with Crippen molar-refractivity contribution in [2.24, 2.45) is 0 Å². The Morgan fingerprint density at radius 3 is 2.57 bits per heavy atom. The van der Waals surface area contributed by atoms with Crippen molar-refractivity contribution in [3.63, 3.8) is 0 Å². The second kappa shape index (κ2) is 7.75. The number of aryl methyl sites for hydroxylation is 1. The van der Waals surface area contributed by atoms with Gasteiger partial charge in [-0.15, -0.1) is 0 Å². The first-order chi connectivity index (χ1) is 14.4. The lowest BCUT2D eigenvalue weighted by atomic mass is 9.92. The van der Waals surface area contributed by atoms with Gasteiger partial charge in [0.1, 0.15) is 16.4 Å². The first kappa shape index (κ1) is 19.8. The van der Waals surface area contributed by atoms with Crippen molar-refractivity contribution in [1.29, 1.82) is 0 Å². The van der Waals surface area contributed by atoms with Crippen molar-refractivity contribution in [1.82, 2.24) is 25.7 Å². The van der Waals surface area contributed by atoms with Gasteiger partial charge < -0.3 is 5.32 Å². The normalized spacial score (nSPS) is 18.5. The molecule has 0 spiro atoms. The van der Waals surface area contributed by atoms with Crippen LogP contribution in [0.25, 0.3) is 10.9 Å². The van der Waals surface area contributed by atoms with Crippen molar-refractivity contribution in [3.8, 4) is 0 Å². The molecule has 2 aromatic carbocycles. The van der Waals surface area contributed by atoms with Gasteiger partial charge in [-0.1, -0.05) is 60.3 Å². The van der Waals surface area contributed by atoms with Crippen LogP contribution in [-0.4, -0.2) is 38.6 Å².